The average molecular weight is 258 g/mol. The Morgan fingerprint density at radius 2 is 2.11 bits per heavy atom. The van der Waals surface area contributed by atoms with E-state index < -0.39 is 0 Å². The van der Waals surface area contributed by atoms with Gasteiger partial charge in [-0.2, -0.15) is 10.5 Å². The number of aromatic nitrogens is 2. The van der Waals surface area contributed by atoms with Gasteiger partial charge in [-0.15, -0.1) is 0 Å². The summed E-state index contributed by atoms with van der Waals surface area (Å²) in [6.45, 7) is 3.45. The lowest BCUT2D eigenvalue weighted by Gasteiger charge is -2.27. The molecule has 1 fully saturated rings. The van der Waals surface area contributed by atoms with Gasteiger partial charge in [-0.05, 0) is 0 Å². The molecule has 1 amide bonds. The summed E-state index contributed by atoms with van der Waals surface area (Å²) in [6.07, 6.45) is 1.75. The second kappa shape index (κ2) is 5.98. The van der Waals surface area contributed by atoms with Crippen LogP contribution in [0.1, 0.15) is 17.8 Å². The van der Waals surface area contributed by atoms with Gasteiger partial charge in [0.2, 0.25) is 5.91 Å². The molecule has 0 unspecified atom stereocenters. The van der Waals surface area contributed by atoms with Crippen LogP contribution in [0.3, 0.4) is 0 Å². The molecule has 0 aromatic carbocycles. The van der Waals surface area contributed by atoms with Gasteiger partial charge in [0, 0.05) is 39.1 Å². The second-order valence-corrected chi connectivity index (χ2v) is 4.24. The summed E-state index contributed by atoms with van der Waals surface area (Å²) >= 11 is 0. The zero-order chi connectivity index (χ0) is 13.7. The predicted octanol–water partition coefficient (Wildman–Crippen LogP) is -0.552. The Bertz CT molecular complexity index is 544. The van der Waals surface area contributed by atoms with Crippen LogP contribution in [0.15, 0.2) is 6.33 Å². The Morgan fingerprint density at radius 1 is 1.37 bits per heavy atom. The number of carbonyl (C=O) groups is 1. The number of piperazine rings is 1. The maximum atomic E-state index is 12.0. The van der Waals surface area contributed by atoms with Crippen molar-refractivity contribution in [2.75, 3.05) is 26.2 Å². The Hall–Kier alpha value is -2.38. The molecular formula is C12H14N6O. The highest BCUT2D eigenvalue weighted by molar-refractivity contribution is 5.76. The molecule has 2 rings (SSSR count). The SMILES string of the molecule is N#Cc1ncn(CCC(=O)N2CCNCC2)c1C#N. The largest absolute Gasteiger partial charge is 0.340 e. The summed E-state index contributed by atoms with van der Waals surface area (Å²) in [7, 11) is 0. The number of hydrogen-bond acceptors (Lipinski definition) is 5. The minimum atomic E-state index is 0.0672. The van der Waals surface area contributed by atoms with Crippen molar-refractivity contribution in [3.63, 3.8) is 0 Å². The predicted molar refractivity (Wildman–Crippen MR) is 65.7 cm³/mol. The number of rotatable bonds is 3. The van der Waals surface area contributed by atoms with Gasteiger partial charge in [0.1, 0.15) is 12.1 Å². The lowest BCUT2D eigenvalue weighted by Crippen LogP contribution is -2.46. The third kappa shape index (κ3) is 2.90. The summed E-state index contributed by atoms with van der Waals surface area (Å²) in [5.74, 6) is 0.0672. The highest BCUT2D eigenvalue weighted by Gasteiger charge is 2.17. The van der Waals surface area contributed by atoms with E-state index in [1.807, 2.05) is 17.0 Å². The van der Waals surface area contributed by atoms with Gasteiger partial charge >= 0.3 is 0 Å². The van der Waals surface area contributed by atoms with Crippen molar-refractivity contribution in [3.8, 4) is 12.1 Å². The molecule has 7 heteroatoms. The van der Waals surface area contributed by atoms with Crippen molar-refractivity contribution < 1.29 is 4.79 Å². The fourth-order valence-electron chi connectivity index (χ4n) is 2.04. The van der Waals surface area contributed by atoms with Crippen LogP contribution < -0.4 is 5.32 Å². The lowest BCUT2D eigenvalue weighted by molar-refractivity contribution is -0.132. The maximum Gasteiger partial charge on any atom is 0.224 e. The smallest absolute Gasteiger partial charge is 0.224 e. The number of nitrogens with zero attached hydrogens (tertiary/aromatic N) is 5. The Balaban J connectivity index is 1.95. The van der Waals surface area contributed by atoms with Crippen LogP contribution in [0.25, 0.3) is 0 Å². The highest BCUT2D eigenvalue weighted by atomic mass is 16.2. The van der Waals surface area contributed by atoms with E-state index >= 15 is 0 Å². The topological polar surface area (TPSA) is 97.7 Å². The fraction of sp³-hybridized carbons (Fsp3) is 0.500. The van der Waals surface area contributed by atoms with Crippen molar-refractivity contribution in [2.24, 2.45) is 0 Å². The number of carbonyl (C=O) groups excluding carboxylic acids is 1. The molecule has 0 aliphatic carbocycles. The summed E-state index contributed by atoms with van der Waals surface area (Å²) < 4.78 is 1.55. The third-order valence-corrected chi connectivity index (χ3v) is 3.09. The van der Waals surface area contributed by atoms with Crippen molar-refractivity contribution in [1.82, 2.24) is 19.8 Å². The summed E-state index contributed by atoms with van der Waals surface area (Å²) in [4.78, 5) is 17.6. The van der Waals surface area contributed by atoms with Gasteiger partial charge < -0.3 is 14.8 Å². The third-order valence-electron chi connectivity index (χ3n) is 3.09. The monoisotopic (exact) mass is 258 g/mol. The molecule has 0 bridgehead atoms. The van der Waals surface area contributed by atoms with E-state index in [2.05, 4.69) is 10.3 Å². The van der Waals surface area contributed by atoms with E-state index in [0.29, 0.717) is 13.0 Å². The fourth-order valence-corrected chi connectivity index (χ4v) is 2.04. The van der Waals surface area contributed by atoms with E-state index in [9.17, 15) is 4.79 Å². The molecule has 0 radical (unpaired) electrons. The number of imidazole rings is 1. The van der Waals surface area contributed by atoms with Crippen molar-refractivity contribution >= 4 is 5.91 Å². The Labute approximate surface area is 111 Å². The van der Waals surface area contributed by atoms with E-state index in [0.717, 1.165) is 26.2 Å². The molecule has 19 heavy (non-hydrogen) atoms. The average Bonchev–Trinajstić information content (AvgIpc) is 2.87. The summed E-state index contributed by atoms with van der Waals surface area (Å²) in [5.41, 5.74) is 0.327. The van der Waals surface area contributed by atoms with Crippen LogP contribution in [-0.2, 0) is 11.3 Å². The number of nitriles is 2. The van der Waals surface area contributed by atoms with Crippen molar-refractivity contribution in [2.45, 2.75) is 13.0 Å². The Kier molecular flexibility index (Phi) is 4.11. The maximum absolute atomic E-state index is 12.0. The number of hydrogen-bond donors (Lipinski definition) is 1. The first-order chi connectivity index (χ1) is 9.26. The molecular weight excluding hydrogens is 244 g/mol. The summed E-state index contributed by atoms with van der Waals surface area (Å²) in [5, 5.41) is 20.9. The van der Waals surface area contributed by atoms with Gasteiger partial charge in [0.15, 0.2) is 11.4 Å². The van der Waals surface area contributed by atoms with E-state index in [1.54, 1.807) is 4.57 Å². The van der Waals surface area contributed by atoms with Crippen LogP contribution in [0.4, 0.5) is 0 Å². The quantitative estimate of drug-likeness (QED) is 0.784. The molecule has 0 spiro atoms. The van der Waals surface area contributed by atoms with Crippen LogP contribution >= 0.6 is 0 Å². The number of aryl methyl sites for hydroxylation is 1. The number of nitrogens with one attached hydrogen (secondary N) is 1. The lowest BCUT2D eigenvalue weighted by atomic mass is 10.3. The van der Waals surface area contributed by atoms with Gasteiger partial charge in [-0.25, -0.2) is 4.98 Å². The van der Waals surface area contributed by atoms with Crippen LogP contribution in [0, 0.1) is 22.7 Å². The normalized spacial score (nSPS) is 14.7. The van der Waals surface area contributed by atoms with E-state index in [-0.39, 0.29) is 17.3 Å². The molecule has 1 N–H and O–H groups in total. The minimum absolute atomic E-state index is 0.0672. The minimum Gasteiger partial charge on any atom is -0.340 e. The molecule has 1 aliphatic heterocycles. The van der Waals surface area contributed by atoms with Crippen LogP contribution in [0.5, 0.6) is 0 Å². The van der Waals surface area contributed by atoms with Gasteiger partial charge in [0.25, 0.3) is 0 Å². The van der Waals surface area contributed by atoms with E-state index in [1.165, 1.54) is 6.33 Å². The molecule has 0 saturated carbocycles. The van der Waals surface area contributed by atoms with Crippen LogP contribution in [0.2, 0.25) is 0 Å². The molecule has 2 heterocycles. The van der Waals surface area contributed by atoms with E-state index in [4.69, 9.17) is 10.5 Å². The number of amides is 1. The highest BCUT2D eigenvalue weighted by Crippen LogP contribution is 2.07. The van der Waals surface area contributed by atoms with Crippen molar-refractivity contribution in [3.05, 3.63) is 17.7 Å². The first-order valence-corrected chi connectivity index (χ1v) is 6.10. The molecule has 98 valence electrons. The van der Waals surface area contributed by atoms with Crippen LogP contribution in [-0.4, -0.2) is 46.5 Å². The molecule has 1 aliphatic rings. The Morgan fingerprint density at radius 3 is 2.74 bits per heavy atom. The molecule has 1 aromatic rings. The first-order valence-electron chi connectivity index (χ1n) is 6.10. The van der Waals surface area contributed by atoms with Crippen molar-refractivity contribution in [1.29, 1.82) is 10.5 Å². The summed E-state index contributed by atoms with van der Waals surface area (Å²) in [6, 6.07) is 3.80. The zero-order valence-corrected chi connectivity index (χ0v) is 10.5. The molecule has 1 aromatic heterocycles. The first kappa shape index (κ1) is 13.1. The van der Waals surface area contributed by atoms with Gasteiger partial charge in [0.05, 0.1) is 6.33 Å². The van der Waals surface area contributed by atoms with Gasteiger partial charge in [-0.1, -0.05) is 0 Å². The molecule has 1 saturated heterocycles. The second-order valence-electron chi connectivity index (χ2n) is 4.24. The molecule has 7 nitrogen and oxygen atoms in total. The standard InChI is InChI=1S/C12H14N6O/c13-7-10-11(8-14)18(9-16-10)4-1-12(19)17-5-2-15-3-6-17/h9,15H,1-6H2. The molecule has 0 atom stereocenters. The van der Waals surface area contributed by atoms with Gasteiger partial charge in [-0.3, -0.25) is 4.79 Å². The zero-order valence-electron chi connectivity index (χ0n) is 10.5.